The zero-order valence-electron chi connectivity index (χ0n) is 8.04. The SMILES string of the molecule is Nc1c(N)c(N)c2c(cc[n+]([O-])[n+]2[O-])c1O. The Balaban J connectivity index is 3.09. The first-order valence-electron chi connectivity index (χ1n) is 4.26. The van der Waals surface area contributed by atoms with E-state index in [4.69, 9.17) is 17.2 Å². The van der Waals surface area contributed by atoms with Crippen molar-refractivity contribution in [1.29, 1.82) is 0 Å². The zero-order chi connectivity index (χ0) is 12.0. The quantitative estimate of drug-likeness (QED) is 0.141. The summed E-state index contributed by atoms with van der Waals surface area (Å²) >= 11 is 0. The number of benzene rings is 1. The fraction of sp³-hybridized carbons (Fsp3) is 0. The van der Waals surface area contributed by atoms with Crippen LogP contribution < -0.4 is 26.9 Å². The van der Waals surface area contributed by atoms with E-state index in [1.807, 2.05) is 0 Å². The van der Waals surface area contributed by atoms with Crippen molar-refractivity contribution < 1.29 is 14.8 Å². The lowest BCUT2D eigenvalue weighted by Gasteiger charge is -2.09. The van der Waals surface area contributed by atoms with Gasteiger partial charge in [-0.3, -0.25) is 0 Å². The predicted octanol–water partition coefficient (Wildman–Crippen LogP) is -1.44. The Morgan fingerprint density at radius 3 is 2.31 bits per heavy atom. The fourth-order valence-corrected chi connectivity index (χ4v) is 1.46. The van der Waals surface area contributed by atoms with Gasteiger partial charge >= 0.3 is 5.52 Å². The second kappa shape index (κ2) is 2.92. The number of rotatable bonds is 0. The lowest BCUT2D eigenvalue weighted by atomic mass is 10.1. The van der Waals surface area contributed by atoms with Gasteiger partial charge in [0.15, 0.2) is 5.75 Å². The van der Waals surface area contributed by atoms with Crippen LogP contribution in [0.1, 0.15) is 0 Å². The third kappa shape index (κ3) is 1.03. The Bertz CT molecular complexity index is 598. The van der Waals surface area contributed by atoms with Crippen LogP contribution in [0.4, 0.5) is 17.1 Å². The van der Waals surface area contributed by atoms with E-state index in [2.05, 4.69) is 0 Å². The molecule has 2 aromatic rings. The number of phenols is 1. The minimum Gasteiger partial charge on any atom is -0.561 e. The first-order valence-corrected chi connectivity index (χ1v) is 4.26. The molecule has 0 unspecified atom stereocenters. The van der Waals surface area contributed by atoms with Crippen LogP contribution in [0.15, 0.2) is 12.3 Å². The van der Waals surface area contributed by atoms with E-state index in [0.717, 1.165) is 6.20 Å². The second-order valence-corrected chi connectivity index (χ2v) is 3.24. The molecule has 0 fully saturated rings. The minimum atomic E-state index is -0.369. The van der Waals surface area contributed by atoms with Crippen LogP contribution in [-0.2, 0) is 0 Å². The number of nitrogen functional groups attached to an aromatic ring is 3. The van der Waals surface area contributed by atoms with Crippen molar-refractivity contribution in [2.75, 3.05) is 17.2 Å². The molecule has 1 aromatic carbocycles. The molecule has 0 aliphatic heterocycles. The summed E-state index contributed by atoms with van der Waals surface area (Å²) < 4.78 is 0. The molecule has 84 valence electrons. The van der Waals surface area contributed by atoms with E-state index < -0.39 is 0 Å². The van der Waals surface area contributed by atoms with Gasteiger partial charge in [0.05, 0.1) is 15.4 Å². The topological polar surface area (TPSA) is 152 Å². The molecule has 1 aromatic heterocycles. The molecular formula is C8H9N5O3. The van der Waals surface area contributed by atoms with Gasteiger partial charge in [-0.05, 0) is 0 Å². The summed E-state index contributed by atoms with van der Waals surface area (Å²) in [6.45, 7) is 0. The molecule has 8 heteroatoms. The number of aromatic nitrogens is 2. The van der Waals surface area contributed by atoms with E-state index in [1.54, 1.807) is 0 Å². The third-order valence-electron chi connectivity index (χ3n) is 2.34. The molecule has 0 saturated carbocycles. The van der Waals surface area contributed by atoms with Crippen molar-refractivity contribution in [3.05, 3.63) is 22.7 Å². The normalized spacial score (nSPS) is 10.8. The zero-order valence-corrected chi connectivity index (χ0v) is 8.04. The van der Waals surface area contributed by atoms with Crippen molar-refractivity contribution in [2.45, 2.75) is 0 Å². The highest BCUT2D eigenvalue weighted by atomic mass is 16.6. The molecule has 2 rings (SSSR count). The summed E-state index contributed by atoms with van der Waals surface area (Å²) in [5.74, 6) is -0.369. The van der Waals surface area contributed by atoms with Crippen LogP contribution >= 0.6 is 0 Å². The summed E-state index contributed by atoms with van der Waals surface area (Å²) in [5.41, 5.74) is 16.0. The number of anilines is 3. The highest BCUT2D eigenvalue weighted by molar-refractivity contribution is 6.04. The van der Waals surface area contributed by atoms with Gasteiger partial charge in [-0.15, -0.1) is 0 Å². The maximum Gasteiger partial charge on any atom is 0.323 e. The molecule has 8 nitrogen and oxygen atoms in total. The summed E-state index contributed by atoms with van der Waals surface area (Å²) in [7, 11) is 0. The molecule has 0 spiro atoms. The number of fused-ring (bicyclic) bond motifs is 1. The smallest absolute Gasteiger partial charge is 0.323 e. The van der Waals surface area contributed by atoms with Crippen molar-refractivity contribution >= 4 is 28.0 Å². The highest BCUT2D eigenvalue weighted by Gasteiger charge is 2.23. The molecule has 0 aliphatic carbocycles. The summed E-state index contributed by atoms with van der Waals surface area (Å²) in [5, 5.41) is 32.2. The minimum absolute atomic E-state index is 0.0137. The van der Waals surface area contributed by atoms with E-state index in [1.165, 1.54) is 6.07 Å². The maximum atomic E-state index is 11.4. The van der Waals surface area contributed by atoms with Crippen molar-refractivity contribution in [1.82, 2.24) is 0 Å². The first kappa shape index (κ1) is 9.90. The van der Waals surface area contributed by atoms with Gasteiger partial charge in [-0.2, -0.15) is 0 Å². The Kier molecular flexibility index (Phi) is 1.81. The Morgan fingerprint density at radius 2 is 1.69 bits per heavy atom. The number of hydrogen-bond donors (Lipinski definition) is 4. The molecule has 1 heterocycles. The lowest BCUT2D eigenvalue weighted by molar-refractivity contribution is -1.18. The summed E-state index contributed by atoms with van der Waals surface area (Å²) in [6.07, 6.45) is 0.935. The van der Waals surface area contributed by atoms with Crippen LogP contribution in [0.5, 0.6) is 5.75 Å². The molecule has 0 atom stereocenters. The van der Waals surface area contributed by atoms with Gasteiger partial charge in [0.1, 0.15) is 16.8 Å². The van der Waals surface area contributed by atoms with Gasteiger partial charge in [-0.25, -0.2) is 0 Å². The van der Waals surface area contributed by atoms with Crippen LogP contribution in [0.2, 0.25) is 0 Å². The van der Waals surface area contributed by atoms with E-state index in [9.17, 15) is 15.5 Å². The maximum absolute atomic E-state index is 11.4. The van der Waals surface area contributed by atoms with Gasteiger partial charge in [0.25, 0.3) is 6.20 Å². The van der Waals surface area contributed by atoms with Gasteiger partial charge < -0.3 is 32.7 Å². The van der Waals surface area contributed by atoms with Crippen molar-refractivity contribution in [2.24, 2.45) is 0 Å². The van der Waals surface area contributed by atoms with Gasteiger partial charge in [-0.1, -0.05) is 0 Å². The Morgan fingerprint density at radius 1 is 1.06 bits per heavy atom. The van der Waals surface area contributed by atoms with Crippen LogP contribution in [0, 0.1) is 10.4 Å². The molecule has 0 radical (unpaired) electrons. The molecule has 7 N–H and O–H groups in total. The van der Waals surface area contributed by atoms with Gasteiger partial charge in [0, 0.05) is 6.07 Å². The Labute approximate surface area is 89.3 Å². The summed E-state index contributed by atoms with van der Waals surface area (Å²) in [6, 6.07) is 1.23. The van der Waals surface area contributed by atoms with E-state index in [-0.39, 0.29) is 43.4 Å². The number of nitrogens with zero attached hydrogens (tertiary/aromatic N) is 2. The average Bonchev–Trinajstić information content (AvgIpc) is 2.27. The summed E-state index contributed by atoms with van der Waals surface area (Å²) in [4.78, 5) is 0.00789. The Hall–Kier alpha value is -2.64. The van der Waals surface area contributed by atoms with Crippen LogP contribution in [0.3, 0.4) is 0 Å². The standard InChI is InChI=1S/C8H9N5O3/c9-4-5(10)7-3(8(14)6(4)11)1-2-12(15)13(7)16/h1-2,14H,9-11H2. The molecule has 16 heavy (non-hydrogen) atoms. The number of aromatic hydroxyl groups is 1. The molecule has 0 bridgehead atoms. The molecular weight excluding hydrogens is 214 g/mol. The fourth-order valence-electron chi connectivity index (χ4n) is 1.46. The van der Waals surface area contributed by atoms with Crippen LogP contribution in [0.25, 0.3) is 10.9 Å². The highest BCUT2D eigenvalue weighted by Crippen LogP contribution is 2.38. The van der Waals surface area contributed by atoms with Crippen molar-refractivity contribution in [3.8, 4) is 5.75 Å². The lowest BCUT2D eigenvalue weighted by Crippen LogP contribution is -2.60. The number of phenolic OH excluding ortho intramolecular Hbond substituents is 1. The predicted molar refractivity (Wildman–Crippen MR) is 56.8 cm³/mol. The molecule has 0 saturated heterocycles. The number of hydrogen-bond acceptors (Lipinski definition) is 6. The molecule has 0 aliphatic rings. The number of nitrogens with two attached hydrogens (primary N) is 3. The average molecular weight is 223 g/mol. The molecule has 0 amide bonds. The van der Waals surface area contributed by atoms with Crippen molar-refractivity contribution in [3.63, 3.8) is 0 Å². The second-order valence-electron chi connectivity index (χ2n) is 3.24. The first-order chi connectivity index (χ1) is 7.45. The largest absolute Gasteiger partial charge is 0.561 e. The third-order valence-corrected chi connectivity index (χ3v) is 2.34. The monoisotopic (exact) mass is 223 g/mol. The van der Waals surface area contributed by atoms with Crippen LogP contribution in [-0.4, -0.2) is 5.11 Å². The van der Waals surface area contributed by atoms with E-state index in [0.29, 0.717) is 0 Å². The van der Waals surface area contributed by atoms with Gasteiger partial charge in [0.2, 0.25) is 0 Å². The van der Waals surface area contributed by atoms with E-state index >= 15 is 0 Å².